The maximum Gasteiger partial charge on any atom is 0.217 e. The zero-order valence-electron chi connectivity index (χ0n) is 17.8. The summed E-state index contributed by atoms with van der Waals surface area (Å²) in [5.74, 6) is -0.874. The molecule has 2 fully saturated rings. The fourth-order valence-corrected chi connectivity index (χ4v) is 3.28. The van der Waals surface area contributed by atoms with E-state index in [-0.39, 0.29) is 6.54 Å². The molecule has 2 aliphatic rings. The second kappa shape index (κ2) is 12.8. The lowest BCUT2D eigenvalue weighted by Gasteiger charge is -2.40. The van der Waals surface area contributed by atoms with Gasteiger partial charge in [0, 0.05) is 18.8 Å². The lowest BCUT2D eigenvalue weighted by Crippen LogP contribution is -2.63. The van der Waals surface area contributed by atoms with Gasteiger partial charge in [-0.05, 0) is 12.0 Å². The molecule has 0 aromatic rings. The van der Waals surface area contributed by atoms with Crippen molar-refractivity contribution in [2.24, 2.45) is 5.11 Å². The average Bonchev–Trinajstić information content (AvgIpc) is 2.73. The monoisotopic (exact) mass is 465 g/mol. The molecule has 0 bridgehead atoms. The Labute approximate surface area is 183 Å². The van der Waals surface area contributed by atoms with Crippen molar-refractivity contribution in [1.82, 2.24) is 10.6 Å². The van der Waals surface area contributed by atoms with Crippen LogP contribution >= 0.6 is 0 Å². The van der Waals surface area contributed by atoms with Gasteiger partial charge in [-0.1, -0.05) is 12.0 Å². The van der Waals surface area contributed by atoms with Crippen molar-refractivity contribution in [3.05, 3.63) is 10.4 Å². The zero-order chi connectivity index (χ0) is 24.6. The lowest BCUT2D eigenvalue weighted by molar-refractivity contribution is -0.247. The standard InChI is InChI=1S/C9H17NO5.C8H14N4O5/c1-3-5-7(12)8(13)6(9(14)15-5)10-4(2)11;1-3(13)11-5-7(15)6(14)4(2-10-12-9)17-8(5)16/h5-9,12-14H,3H2,1-2H3,(H,10,11);4-8,14-16H,2H2,1H3,(H,11,13)/t5?,6?,7-,8-,9?;4?,5?,6-,7-,8?/m11/s1. The van der Waals surface area contributed by atoms with Crippen LogP contribution in [0.4, 0.5) is 0 Å². The first kappa shape index (κ1) is 28.0. The molecule has 8 N–H and O–H groups in total. The van der Waals surface area contributed by atoms with Crippen LogP contribution in [0.3, 0.4) is 0 Å². The molecular weight excluding hydrogens is 434 g/mol. The number of ether oxygens (including phenoxy) is 2. The fourth-order valence-electron chi connectivity index (χ4n) is 3.28. The maximum atomic E-state index is 10.8. The SMILES string of the molecule is CC(=O)NC1C(O)OC(CN=[N+]=[N-])[C@@H](O)[C@@H]1O.CCC1OC(O)C(NC(C)=O)[C@@H](O)[C@@H]1O. The average molecular weight is 465 g/mol. The van der Waals surface area contributed by atoms with E-state index in [9.17, 15) is 40.2 Å². The normalized spacial score (nSPS) is 39.0. The first-order chi connectivity index (χ1) is 14.9. The van der Waals surface area contributed by atoms with Crippen LogP contribution in [0, 0.1) is 0 Å². The molecule has 0 aliphatic carbocycles. The summed E-state index contributed by atoms with van der Waals surface area (Å²) in [4.78, 5) is 24.1. The van der Waals surface area contributed by atoms with Crippen molar-refractivity contribution in [2.45, 2.75) is 88.5 Å². The van der Waals surface area contributed by atoms with Gasteiger partial charge >= 0.3 is 0 Å². The summed E-state index contributed by atoms with van der Waals surface area (Å²) in [7, 11) is 0. The largest absolute Gasteiger partial charge is 0.388 e. The van der Waals surface area contributed by atoms with Gasteiger partial charge in [0.15, 0.2) is 12.6 Å². The number of nitrogens with zero attached hydrogens (tertiary/aromatic N) is 3. The van der Waals surface area contributed by atoms with Crippen molar-refractivity contribution < 1.29 is 49.7 Å². The van der Waals surface area contributed by atoms with Crippen molar-refractivity contribution in [2.75, 3.05) is 6.54 Å². The Kier molecular flexibility index (Phi) is 11.2. The number of amides is 2. The third kappa shape index (κ3) is 7.51. The van der Waals surface area contributed by atoms with Gasteiger partial charge in [-0.2, -0.15) is 0 Å². The molecule has 0 spiro atoms. The number of nitrogens with one attached hydrogen (secondary N) is 2. The quantitative estimate of drug-likeness (QED) is 0.113. The summed E-state index contributed by atoms with van der Waals surface area (Å²) >= 11 is 0. The molecule has 6 unspecified atom stereocenters. The molecule has 0 saturated carbocycles. The predicted octanol–water partition coefficient (Wildman–Crippen LogP) is -3.42. The molecule has 0 aromatic carbocycles. The summed E-state index contributed by atoms with van der Waals surface area (Å²) in [5.41, 5.74) is 8.13. The molecule has 0 aromatic heterocycles. The Morgan fingerprint density at radius 3 is 1.62 bits per heavy atom. The summed E-state index contributed by atoms with van der Waals surface area (Å²) in [6.07, 6.45) is -9.00. The van der Waals surface area contributed by atoms with Gasteiger partial charge in [0.25, 0.3) is 0 Å². The highest BCUT2D eigenvalue weighted by atomic mass is 16.6. The van der Waals surface area contributed by atoms with Gasteiger partial charge in [0.2, 0.25) is 11.8 Å². The second-order valence-corrected chi connectivity index (χ2v) is 7.37. The van der Waals surface area contributed by atoms with E-state index in [0.717, 1.165) is 0 Å². The van der Waals surface area contributed by atoms with Crippen LogP contribution in [-0.2, 0) is 19.1 Å². The van der Waals surface area contributed by atoms with E-state index >= 15 is 0 Å². The number of rotatable bonds is 5. The van der Waals surface area contributed by atoms with E-state index in [4.69, 9.17) is 15.0 Å². The number of aliphatic hydroxyl groups is 6. The molecule has 32 heavy (non-hydrogen) atoms. The highest BCUT2D eigenvalue weighted by Gasteiger charge is 2.44. The van der Waals surface area contributed by atoms with E-state index in [0.29, 0.717) is 6.42 Å². The summed E-state index contributed by atoms with van der Waals surface area (Å²) in [6.45, 7) is 4.01. The predicted molar refractivity (Wildman–Crippen MR) is 105 cm³/mol. The van der Waals surface area contributed by atoms with Gasteiger partial charge in [0.1, 0.15) is 36.5 Å². The number of aliphatic hydroxyl groups excluding tert-OH is 6. The zero-order valence-corrected chi connectivity index (χ0v) is 17.8. The minimum Gasteiger partial charge on any atom is -0.388 e. The van der Waals surface area contributed by atoms with E-state index in [1.165, 1.54) is 13.8 Å². The van der Waals surface area contributed by atoms with Crippen molar-refractivity contribution in [3.8, 4) is 0 Å². The minimum absolute atomic E-state index is 0.224. The Hall–Kier alpha value is -2.07. The summed E-state index contributed by atoms with van der Waals surface area (Å²) in [5, 5.41) is 65.4. The molecule has 15 nitrogen and oxygen atoms in total. The highest BCUT2D eigenvalue weighted by Crippen LogP contribution is 2.22. The fraction of sp³-hybridized carbons (Fsp3) is 0.882. The molecule has 2 heterocycles. The molecule has 2 rings (SSSR count). The molecule has 0 radical (unpaired) electrons. The van der Waals surface area contributed by atoms with Crippen LogP contribution in [0.1, 0.15) is 27.2 Å². The molecule has 10 atom stereocenters. The van der Waals surface area contributed by atoms with Crippen LogP contribution in [-0.4, -0.2) is 110 Å². The Balaban J connectivity index is 0.000000323. The third-order valence-corrected chi connectivity index (χ3v) is 4.91. The molecule has 2 aliphatic heterocycles. The second-order valence-electron chi connectivity index (χ2n) is 7.37. The van der Waals surface area contributed by atoms with Gasteiger partial charge in [-0.15, -0.1) is 0 Å². The van der Waals surface area contributed by atoms with E-state index in [1.807, 2.05) is 0 Å². The Bertz CT molecular complexity index is 678. The summed E-state index contributed by atoms with van der Waals surface area (Å²) < 4.78 is 10.0. The van der Waals surface area contributed by atoms with E-state index in [2.05, 4.69) is 20.7 Å². The topological polar surface area (TPSA) is 247 Å². The number of carbonyl (C=O) groups is 2. The Morgan fingerprint density at radius 1 is 0.844 bits per heavy atom. The third-order valence-electron chi connectivity index (χ3n) is 4.91. The van der Waals surface area contributed by atoms with Crippen molar-refractivity contribution in [1.29, 1.82) is 0 Å². The van der Waals surface area contributed by atoms with Crippen molar-refractivity contribution in [3.63, 3.8) is 0 Å². The van der Waals surface area contributed by atoms with Gasteiger partial charge in [-0.25, -0.2) is 0 Å². The molecular formula is C17H31N5O10. The van der Waals surface area contributed by atoms with E-state index in [1.54, 1.807) is 6.92 Å². The number of azide groups is 1. The minimum atomic E-state index is -1.48. The van der Waals surface area contributed by atoms with Crippen LogP contribution in [0.25, 0.3) is 10.4 Å². The van der Waals surface area contributed by atoms with Gasteiger partial charge in [0.05, 0.1) is 18.8 Å². The summed E-state index contributed by atoms with van der Waals surface area (Å²) in [6, 6.07) is -2.11. The number of carbonyl (C=O) groups excluding carboxylic acids is 2. The maximum absolute atomic E-state index is 10.8. The van der Waals surface area contributed by atoms with Crippen molar-refractivity contribution >= 4 is 11.8 Å². The van der Waals surface area contributed by atoms with Crippen LogP contribution in [0.15, 0.2) is 5.11 Å². The molecule has 15 heteroatoms. The molecule has 2 saturated heterocycles. The Morgan fingerprint density at radius 2 is 1.25 bits per heavy atom. The van der Waals surface area contributed by atoms with E-state index < -0.39 is 73.1 Å². The smallest absolute Gasteiger partial charge is 0.217 e. The van der Waals surface area contributed by atoms with Crippen LogP contribution < -0.4 is 10.6 Å². The molecule has 184 valence electrons. The molecule has 2 amide bonds. The first-order valence-electron chi connectivity index (χ1n) is 9.88. The number of hydrogen-bond acceptors (Lipinski definition) is 11. The van der Waals surface area contributed by atoms with Crippen LogP contribution in [0.5, 0.6) is 0 Å². The lowest BCUT2D eigenvalue weighted by atomic mass is 9.95. The number of hydrogen-bond donors (Lipinski definition) is 8. The van der Waals surface area contributed by atoms with Gasteiger partial charge < -0.3 is 50.7 Å². The van der Waals surface area contributed by atoms with Crippen LogP contribution in [0.2, 0.25) is 0 Å². The van der Waals surface area contributed by atoms with Gasteiger partial charge in [-0.3, -0.25) is 9.59 Å². The highest BCUT2D eigenvalue weighted by molar-refractivity contribution is 5.73. The first-order valence-corrected chi connectivity index (χ1v) is 9.88.